The average molecular weight is 220 g/mol. The molecule has 15 heavy (non-hydrogen) atoms. The molecule has 1 rings (SSSR count). The largest absolute Gasteiger partial charge is 0.478 e. The third-order valence-corrected chi connectivity index (χ3v) is 2.25. The van der Waals surface area contributed by atoms with Gasteiger partial charge >= 0.3 is 5.97 Å². The quantitative estimate of drug-likeness (QED) is 0.593. The monoisotopic (exact) mass is 220 g/mol. The third kappa shape index (κ3) is 3.03. The number of carboxylic acids is 1. The van der Waals surface area contributed by atoms with Crippen molar-refractivity contribution < 1.29 is 9.90 Å². The molecule has 2 nitrogen and oxygen atoms in total. The van der Waals surface area contributed by atoms with Crippen molar-refractivity contribution in [3.63, 3.8) is 0 Å². The summed E-state index contributed by atoms with van der Waals surface area (Å²) in [5, 5.41) is 8.90. The number of hydrogen-bond donors (Lipinski definition) is 2. The van der Waals surface area contributed by atoms with E-state index < -0.39 is 5.97 Å². The maximum absolute atomic E-state index is 10.8. The smallest absolute Gasteiger partial charge is 0.335 e. The summed E-state index contributed by atoms with van der Waals surface area (Å²) in [4.78, 5) is 10.8. The van der Waals surface area contributed by atoms with Gasteiger partial charge in [-0.1, -0.05) is 17.9 Å². The first-order valence-corrected chi connectivity index (χ1v) is 5.22. The fourth-order valence-corrected chi connectivity index (χ4v) is 1.33. The molecule has 0 radical (unpaired) electrons. The predicted octanol–water partition coefficient (Wildman–Crippen LogP) is 2.36. The lowest BCUT2D eigenvalue weighted by molar-refractivity contribution is 0.0696. The highest BCUT2D eigenvalue weighted by atomic mass is 32.1. The molecule has 0 spiro atoms. The Hall–Kier alpha value is -1.40. The summed E-state index contributed by atoms with van der Waals surface area (Å²) in [5.41, 5.74) is 1.81. The van der Waals surface area contributed by atoms with Gasteiger partial charge in [-0.3, -0.25) is 0 Å². The van der Waals surface area contributed by atoms with Crippen LogP contribution in [0.1, 0.15) is 27.9 Å². The minimum absolute atomic E-state index is 0.313. The minimum Gasteiger partial charge on any atom is -0.478 e. The summed E-state index contributed by atoms with van der Waals surface area (Å²) in [5.74, 6) is 5.69. The highest BCUT2D eigenvalue weighted by Gasteiger charge is 2.07. The van der Waals surface area contributed by atoms with Crippen molar-refractivity contribution in [1.29, 1.82) is 0 Å². The van der Waals surface area contributed by atoms with Crippen LogP contribution in [0, 0.1) is 18.8 Å². The normalized spacial score (nSPS) is 9.20. The van der Waals surface area contributed by atoms with Gasteiger partial charge in [0.15, 0.2) is 0 Å². The Labute approximate surface area is 94.7 Å². The molecule has 0 saturated carbocycles. The van der Waals surface area contributed by atoms with Crippen molar-refractivity contribution in [2.75, 3.05) is 5.75 Å². The van der Waals surface area contributed by atoms with E-state index >= 15 is 0 Å². The van der Waals surface area contributed by atoms with Crippen LogP contribution in [-0.4, -0.2) is 16.8 Å². The van der Waals surface area contributed by atoms with Crippen LogP contribution in [0.3, 0.4) is 0 Å². The maximum Gasteiger partial charge on any atom is 0.335 e. The number of carboxylic acid groups (broad SMARTS) is 1. The standard InChI is InChI=1S/C12H12O2S/c1-9-10(5-2-3-8-15)6-4-7-11(9)12(13)14/h4,6-7,15H,3,8H2,1H3,(H,13,14). The van der Waals surface area contributed by atoms with E-state index in [1.807, 2.05) is 6.07 Å². The summed E-state index contributed by atoms with van der Waals surface area (Å²) in [6, 6.07) is 5.12. The zero-order chi connectivity index (χ0) is 11.3. The lowest BCUT2D eigenvalue weighted by atomic mass is 10.0. The Morgan fingerprint density at radius 1 is 1.53 bits per heavy atom. The molecule has 1 aromatic rings. The number of hydrogen-bond acceptors (Lipinski definition) is 2. The first-order valence-electron chi connectivity index (χ1n) is 4.59. The molecule has 0 aliphatic carbocycles. The minimum atomic E-state index is -0.912. The van der Waals surface area contributed by atoms with Crippen LogP contribution in [0.25, 0.3) is 0 Å². The van der Waals surface area contributed by atoms with Gasteiger partial charge in [0.25, 0.3) is 0 Å². The van der Waals surface area contributed by atoms with Gasteiger partial charge in [0.1, 0.15) is 0 Å². The van der Waals surface area contributed by atoms with E-state index in [1.165, 1.54) is 0 Å². The Bertz CT molecular complexity index is 427. The fourth-order valence-electron chi connectivity index (χ4n) is 1.22. The first-order chi connectivity index (χ1) is 7.16. The van der Waals surface area contributed by atoms with Crippen LogP contribution in [-0.2, 0) is 0 Å². The molecular formula is C12H12O2S. The molecular weight excluding hydrogens is 208 g/mol. The molecule has 0 aliphatic rings. The van der Waals surface area contributed by atoms with E-state index in [1.54, 1.807) is 19.1 Å². The summed E-state index contributed by atoms with van der Waals surface area (Å²) >= 11 is 4.05. The zero-order valence-electron chi connectivity index (χ0n) is 8.45. The van der Waals surface area contributed by atoms with Crippen molar-refractivity contribution in [3.8, 4) is 11.8 Å². The summed E-state index contributed by atoms with van der Waals surface area (Å²) in [6.07, 6.45) is 0.708. The van der Waals surface area contributed by atoms with Gasteiger partial charge in [-0.25, -0.2) is 4.79 Å². The second-order valence-corrected chi connectivity index (χ2v) is 3.51. The van der Waals surface area contributed by atoms with Crippen LogP contribution in [0.2, 0.25) is 0 Å². The second kappa shape index (κ2) is 5.47. The van der Waals surface area contributed by atoms with Gasteiger partial charge < -0.3 is 5.11 Å². The molecule has 3 heteroatoms. The molecule has 1 N–H and O–H groups in total. The SMILES string of the molecule is Cc1c(C#CCCS)cccc1C(=O)O. The third-order valence-electron chi connectivity index (χ3n) is 2.02. The van der Waals surface area contributed by atoms with Crippen LogP contribution in [0.4, 0.5) is 0 Å². The first kappa shape index (κ1) is 11.7. The van der Waals surface area contributed by atoms with Crippen LogP contribution >= 0.6 is 12.6 Å². The van der Waals surface area contributed by atoms with Crippen molar-refractivity contribution >= 4 is 18.6 Å². The van der Waals surface area contributed by atoms with Gasteiger partial charge in [0.05, 0.1) is 5.56 Å². The Morgan fingerprint density at radius 3 is 2.87 bits per heavy atom. The molecule has 0 unspecified atom stereocenters. The van der Waals surface area contributed by atoms with Crippen molar-refractivity contribution in [1.82, 2.24) is 0 Å². The van der Waals surface area contributed by atoms with E-state index in [2.05, 4.69) is 24.5 Å². The van der Waals surface area contributed by atoms with Gasteiger partial charge in [-0.2, -0.15) is 12.6 Å². The highest BCUT2D eigenvalue weighted by Crippen LogP contribution is 2.12. The van der Waals surface area contributed by atoms with Crippen molar-refractivity contribution in [2.45, 2.75) is 13.3 Å². The van der Waals surface area contributed by atoms with Crippen molar-refractivity contribution in [3.05, 3.63) is 34.9 Å². The lowest BCUT2D eigenvalue weighted by Crippen LogP contribution is -2.00. The van der Waals surface area contributed by atoms with Gasteiger partial charge in [-0.15, -0.1) is 0 Å². The van der Waals surface area contributed by atoms with Crippen molar-refractivity contribution in [2.24, 2.45) is 0 Å². The van der Waals surface area contributed by atoms with Crippen LogP contribution < -0.4 is 0 Å². The van der Waals surface area contributed by atoms with E-state index in [-0.39, 0.29) is 0 Å². The molecule has 0 bridgehead atoms. The van der Waals surface area contributed by atoms with E-state index in [0.29, 0.717) is 17.7 Å². The fraction of sp³-hybridized carbons (Fsp3) is 0.250. The number of carbonyl (C=O) groups is 1. The summed E-state index contributed by atoms with van der Waals surface area (Å²) in [6.45, 7) is 1.77. The molecule has 1 aromatic carbocycles. The van der Waals surface area contributed by atoms with E-state index in [9.17, 15) is 4.79 Å². The van der Waals surface area contributed by atoms with Gasteiger partial charge in [-0.05, 0) is 24.6 Å². The number of benzene rings is 1. The summed E-state index contributed by atoms with van der Waals surface area (Å²) < 4.78 is 0. The average Bonchev–Trinajstić information content (AvgIpc) is 2.20. The van der Waals surface area contributed by atoms with Gasteiger partial charge in [0.2, 0.25) is 0 Å². The molecule has 0 aromatic heterocycles. The topological polar surface area (TPSA) is 37.3 Å². The molecule has 0 aliphatic heterocycles. The molecule has 0 fully saturated rings. The van der Waals surface area contributed by atoms with Gasteiger partial charge in [0, 0.05) is 17.7 Å². The molecule has 0 saturated heterocycles. The predicted molar refractivity (Wildman–Crippen MR) is 63.5 cm³/mol. The number of thiol groups is 1. The molecule has 78 valence electrons. The van der Waals surface area contributed by atoms with E-state index in [0.717, 1.165) is 11.1 Å². The van der Waals surface area contributed by atoms with Crippen LogP contribution in [0.15, 0.2) is 18.2 Å². The zero-order valence-corrected chi connectivity index (χ0v) is 9.34. The highest BCUT2D eigenvalue weighted by molar-refractivity contribution is 7.80. The molecule has 0 atom stereocenters. The Kier molecular flexibility index (Phi) is 4.26. The summed E-state index contributed by atoms with van der Waals surface area (Å²) in [7, 11) is 0. The number of aromatic carboxylic acids is 1. The lowest BCUT2D eigenvalue weighted by Gasteiger charge is -2.02. The van der Waals surface area contributed by atoms with E-state index in [4.69, 9.17) is 5.11 Å². The molecule has 0 heterocycles. The van der Waals surface area contributed by atoms with Crippen LogP contribution in [0.5, 0.6) is 0 Å². The Morgan fingerprint density at radius 2 is 2.27 bits per heavy atom. The second-order valence-electron chi connectivity index (χ2n) is 3.06. The number of rotatable bonds is 2. The Balaban J connectivity index is 3.06. The molecule has 0 amide bonds. The maximum atomic E-state index is 10.8.